The fourth-order valence-corrected chi connectivity index (χ4v) is 3.00. The van der Waals surface area contributed by atoms with Crippen LogP contribution in [0.1, 0.15) is 28.7 Å². The summed E-state index contributed by atoms with van der Waals surface area (Å²) >= 11 is 1.50. The maximum atomic E-state index is 11.9. The smallest absolute Gasteiger partial charge is 0.405 e. The molecule has 0 spiro atoms. The maximum absolute atomic E-state index is 11.9. The van der Waals surface area contributed by atoms with Gasteiger partial charge in [-0.25, -0.2) is 9.78 Å². The zero-order valence-corrected chi connectivity index (χ0v) is 14.0. The predicted octanol–water partition coefficient (Wildman–Crippen LogP) is 3.36. The quantitative estimate of drug-likeness (QED) is 0.406. The molecule has 6 heteroatoms. The lowest BCUT2D eigenvalue weighted by molar-refractivity contribution is -0.608. The highest BCUT2D eigenvalue weighted by Crippen LogP contribution is 2.24. The first-order valence-electron chi connectivity index (χ1n) is 7.56. The summed E-state index contributed by atoms with van der Waals surface area (Å²) in [6.07, 6.45) is 2.26. The molecule has 5 nitrogen and oxygen atoms in total. The Morgan fingerprint density at radius 1 is 1.25 bits per heavy atom. The van der Waals surface area contributed by atoms with E-state index in [1.165, 1.54) is 29.2 Å². The summed E-state index contributed by atoms with van der Waals surface area (Å²) in [5.41, 5.74) is 2.94. The van der Waals surface area contributed by atoms with E-state index in [1.54, 1.807) is 12.1 Å². The second-order valence-corrected chi connectivity index (χ2v) is 6.04. The number of ether oxygens (including phenoxy) is 1. The van der Waals surface area contributed by atoms with E-state index >= 15 is 0 Å². The highest BCUT2D eigenvalue weighted by molar-refractivity contribution is 7.13. The first-order chi connectivity index (χ1) is 11.7. The molecule has 24 heavy (non-hydrogen) atoms. The summed E-state index contributed by atoms with van der Waals surface area (Å²) < 4.78 is 5.66. The Bertz CT molecular complexity index is 843. The van der Waals surface area contributed by atoms with E-state index in [4.69, 9.17) is 4.74 Å². The third kappa shape index (κ3) is 3.60. The van der Waals surface area contributed by atoms with E-state index in [9.17, 15) is 10.0 Å². The number of thiazole rings is 1. The van der Waals surface area contributed by atoms with Crippen LogP contribution in [0.2, 0.25) is 0 Å². The number of pyridine rings is 1. The Balaban J connectivity index is 1.66. The maximum Gasteiger partial charge on any atom is 0.405 e. The standard InChI is InChI=1S/C18H16N2O3S/c1-2-13-6-8-14(9-7-13)17-19-15(12-24-17)11-23-18(21)16-5-3-4-10-20(16)22/h3-10,12H,2,11H2,1H3. The highest BCUT2D eigenvalue weighted by atomic mass is 32.1. The molecule has 0 aliphatic rings. The first-order valence-corrected chi connectivity index (χ1v) is 8.44. The second kappa shape index (κ2) is 7.23. The van der Waals surface area contributed by atoms with Gasteiger partial charge in [0.15, 0.2) is 6.20 Å². The number of benzene rings is 1. The number of carbonyl (C=O) groups excluding carboxylic acids is 1. The molecule has 0 fully saturated rings. The zero-order valence-electron chi connectivity index (χ0n) is 13.1. The summed E-state index contributed by atoms with van der Waals surface area (Å²) in [5.74, 6) is -0.660. The number of carbonyl (C=O) groups is 1. The molecule has 0 bridgehead atoms. The third-order valence-corrected chi connectivity index (χ3v) is 4.49. The van der Waals surface area contributed by atoms with Gasteiger partial charge < -0.3 is 9.94 Å². The van der Waals surface area contributed by atoms with Crippen molar-refractivity contribution in [1.82, 2.24) is 4.98 Å². The van der Waals surface area contributed by atoms with Gasteiger partial charge in [-0.2, -0.15) is 4.73 Å². The van der Waals surface area contributed by atoms with Gasteiger partial charge in [-0.15, -0.1) is 11.3 Å². The SMILES string of the molecule is CCc1ccc(-c2nc(COC(=O)c3cccc[n+]3[O-])cs2)cc1. The average Bonchev–Trinajstić information content (AvgIpc) is 3.09. The fourth-order valence-electron chi connectivity index (χ4n) is 2.19. The minimum Gasteiger partial charge on any atom is -0.618 e. The van der Waals surface area contributed by atoms with Crippen molar-refractivity contribution >= 4 is 17.3 Å². The van der Waals surface area contributed by atoms with Gasteiger partial charge in [-0.1, -0.05) is 31.2 Å². The van der Waals surface area contributed by atoms with E-state index in [0.29, 0.717) is 10.4 Å². The second-order valence-electron chi connectivity index (χ2n) is 5.18. The van der Waals surface area contributed by atoms with Gasteiger partial charge in [0, 0.05) is 23.1 Å². The normalized spacial score (nSPS) is 10.5. The number of nitrogens with zero attached hydrogens (tertiary/aromatic N) is 2. The molecule has 0 saturated heterocycles. The minimum atomic E-state index is -0.660. The van der Waals surface area contributed by atoms with Gasteiger partial charge in [-0.05, 0) is 18.1 Å². The van der Waals surface area contributed by atoms with Crippen molar-refractivity contribution in [2.24, 2.45) is 0 Å². The number of rotatable bonds is 5. The molecule has 0 unspecified atom stereocenters. The van der Waals surface area contributed by atoms with Crippen LogP contribution in [-0.2, 0) is 17.8 Å². The van der Waals surface area contributed by atoms with Gasteiger partial charge in [0.1, 0.15) is 11.6 Å². The molecule has 0 aliphatic carbocycles. The van der Waals surface area contributed by atoms with E-state index in [1.807, 2.05) is 17.5 Å². The first kappa shape index (κ1) is 16.1. The van der Waals surface area contributed by atoms with Crippen molar-refractivity contribution in [3.63, 3.8) is 0 Å². The van der Waals surface area contributed by atoms with Gasteiger partial charge in [0.05, 0.1) is 5.69 Å². The predicted molar refractivity (Wildman–Crippen MR) is 91.4 cm³/mol. The summed E-state index contributed by atoms with van der Waals surface area (Å²) in [4.78, 5) is 16.4. The Morgan fingerprint density at radius 3 is 2.75 bits per heavy atom. The van der Waals surface area contributed by atoms with Crippen LogP contribution in [0.3, 0.4) is 0 Å². The molecular weight excluding hydrogens is 324 g/mol. The zero-order chi connectivity index (χ0) is 16.9. The minimum absolute atomic E-state index is 0.0388. The Labute approximate surface area is 143 Å². The van der Waals surface area contributed by atoms with Crippen molar-refractivity contribution in [1.29, 1.82) is 0 Å². The number of aromatic nitrogens is 2. The summed E-state index contributed by atoms with van der Waals surface area (Å²) in [5, 5.41) is 14.2. The molecule has 3 aromatic rings. The molecule has 0 N–H and O–H groups in total. The Morgan fingerprint density at radius 2 is 2.04 bits per heavy atom. The summed E-state index contributed by atoms with van der Waals surface area (Å²) in [6, 6.07) is 12.8. The van der Waals surface area contributed by atoms with E-state index in [2.05, 4.69) is 24.0 Å². The summed E-state index contributed by atoms with van der Waals surface area (Å²) in [6.45, 7) is 2.15. The van der Waals surface area contributed by atoms with Crippen molar-refractivity contribution in [3.05, 3.63) is 76.2 Å². The Kier molecular flexibility index (Phi) is 4.86. The number of aryl methyl sites for hydroxylation is 1. The highest BCUT2D eigenvalue weighted by Gasteiger charge is 2.17. The molecule has 0 amide bonds. The number of esters is 1. The van der Waals surface area contributed by atoms with E-state index < -0.39 is 5.97 Å². The lowest BCUT2D eigenvalue weighted by Gasteiger charge is -2.03. The average molecular weight is 340 g/mol. The fraction of sp³-hybridized carbons (Fsp3) is 0.167. The van der Waals surface area contributed by atoms with Crippen LogP contribution >= 0.6 is 11.3 Å². The molecular formula is C18H16N2O3S. The van der Waals surface area contributed by atoms with E-state index in [-0.39, 0.29) is 12.3 Å². The van der Waals surface area contributed by atoms with Crippen molar-refractivity contribution in [2.75, 3.05) is 0 Å². The number of hydrogen-bond acceptors (Lipinski definition) is 5. The van der Waals surface area contributed by atoms with Crippen LogP contribution in [0.15, 0.2) is 54.0 Å². The largest absolute Gasteiger partial charge is 0.618 e. The van der Waals surface area contributed by atoms with Crippen molar-refractivity contribution < 1.29 is 14.3 Å². The van der Waals surface area contributed by atoms with Crippen LogP contribution in [0.25, 0.3) is 10.6 Å². The molecule has 122 valence electrons. The monoisotopic (exact) mass is 340 g/mol. The lowest BCUT2D eigenvalue weighted by Crippen LogP contribution is -2.34. The van der Waals surface area contributed by atoms with Crippen LogP contribution < -0.4 is 4.73 Å². The van der Waals surface area contributed by atoms with Crippen LogP contribution in [0.5, 0.6) is 0 Å². The van der Waals surface area contributed by atoms with Crippen molar-refractivity contribution in [2.45, 2.75) is 20.0 Å². The van der Waals surface area contributed by atoms with Crippen molar-refractivity contribution in [3.8, 4) is 10.6 Å². The van der Waals surface area contributed by atoms with E-state index in [0.717, 1.165) is 17.0 Å². The number of hydrogen-bond donors (Lipinski definition) is 0. The third-order valence-electron chi connectivity index (χ3n) is 3.55. The van der Waals surface area contributed by atoms with Crippen LogP contribution in [0, 0.1) is 5.21 Å². The lowest BCUT2D eigenvalue weighted by atomic mass is 10.1. The van der Waals surface area contributed by atoms with Crippen LogP contribution in [0.4, 0.5) is 0 Å². The summed E-state index contributed by atoms with van der Waals surface area (Å²) in [7, 11) is 0. The molecule has 0 radical (unpaired) electrons. The van der Waals surface area contributed by atoms with Gasteiger partial charge in [0.2, 0.25) is 0 Å². The molecule has 0 aliphatic heterocycles. The molecule has 1 aromatic carbocycles. The van der Waals surface area contributed by atoms with Gasteiger partial charge in [-0.3, -0.25) is 0 Å². The van der Waals surface area contributed by atoms with Gasteiger partial charge in [0.25, 0.3) is 0 Å². The molecule has 0 saturated carbocycles. The molecule has 0 atom stereocenters. The molecule has 2 heterocycles. The van der Waals surface area contributed by atoms with Crippen LogP contribution in [-0.4, -0.2) is 11.0 Å². The topological polar surface area (TPSA) is 66.1 Å². The Hall–Kier alpha value is -2.73. The molecule has 2 aromatic heterocycles. The van der Waals surface area contributed by atoms with Gasteiger partial charge >= 0.3 is 11.7 Å². The molecule has 3 rings (SSSR count).